The van der Waals surface area contributed by atoms with Crippen LogP contribution >= 0.6 is 0 Å². The number of aromatic nitrogens is 3. The Morgan fingerprint density at radius 3 is 2.48 bits per heavy atom. The summed E-state index contributed by atoms with van der Waals surface area (Å²) in [5.74, 6) is -2.42. The van der Waals surface area contributed by atoms with Crippen molar-refractivity contribution in [2.24, 2.45) is 17.8 Å². The van der Waals surface area contributed by atoms with Gasteiger partial charge >= 0.3 is 5.97 Å². The Labute approximate surface area is 178 Å². The number of pyridine rings is 1. The molecule has 2 aromatic heterocycles. The van der Waals surface area contributed by atoms with E-state index >= 15 is 0 Å². The van der Waals surface area contributed by atoms with Gasteiger partial charge in [-0.1, -0.05) is 12.8 Å². The van der Waals surface area contributed by atoms with Gasteiger partial charge in [0.2, 0.25) is 5.91 Å². The van der Waals surface area contributed by atoms with Crippen LogP contribution in [0.4, 0.5) is 0 Å². The monoisotopic (exact) mass is 424 g/mol. The third-order valence-corrected chi connectivity index (χ3v) is 7.16. The summed E-state index contributed by atoms with van der Waals surface area (Å²) in [4.78, 5) is 48.3. The molecule has 9 nitrogen and oxygen atoms in total. The van der Waals surface area contributed by atoms with E-state index in [9.17, 15) is 24.6 Å². The average Bonchev–Trinajstić information content (AvgIpc) is 3.49. The summed E-state index contributed by atoms with van der Waals surface area (Å²) in [7, 11) is 0. The molecule has 2 fully saturated rings. The van der Waals surface area contributed by atoms with E-state index in [1.165, 1.54) is 11.2 Å². The molecule has 0 unspecified atom stereocenters. The highest BCUT2D eigenvalue weighted by molar-refractivity contribution is 5.87. The Morgan fingerprint density at radius 2 is 1.84 bits per heavy atom. The van der Waals surface area contributed by atoms with Crippen LogP contribution in [-0.2, 0) is 16.1 Å². The second-order valence-corrected chi connectivity index (χ2v) is 8.68. The van der Waals surface area contributed by atoms with Crippen molar-refractivity contribution in [1.82, 2.24) is 19.4 Å². The van der Waals surface area contributed by atoms with Gasteiger partial charge < -0.3 is 19.7 Å². The summed E-state index contributed by atoms with van der Waals surface area (Å²) >= 11 is 0. The van der Waals surface area contributed by atoms with Crippen LogP contribution in [0.15, 0.2) is 35.6 Å². The molecular formula is C22H24N4O5. The number of aliphatic carboxylic acids is 1. The van der Waals surface area contributed by atoms with E-state index in [4.69, 9.17) is 0 Å². The lowest BCUT2D eigenvalue weighted by Gasteiger charge is -2.31. The Kier molecular flexibility index (Phi) is 4.85. The van der Waals surface area contributed by atoms with E-state index < -0.39 is 24.0 Å². The number of nitrogens with zero attached hydrogens (tertiary/aromatic N) is 4. The molecule has 31 heavy (non-hydrogen) atoms. The van der Waals surface area contributed by atoms with Crippen molar-refractivity contribution in [2.75, 3.05) is 6.61 Å². The zero-order valence-corrected chi connectivity index (χ0v) is 16.9. The van der Waals surface area contributed by atoms with Gasteiger partial charge in [-0.2, -0.15) is 0 Å². The summed E-state index contributed by atoms with van der Waals surface area (Å²) in [5.41, 5.74) is 1.46. The van der Waals surface area contributed by atoms with E-state index in [0.29, 0.717) is 16.8 Å². The number of hydrogen-bond donors (Lipinski definition) is 2. The molecule has 1 aliphatic carbocycles. The number of fused-ring (bicyclic) bond motifs is 3. The van der Waals surface area contributed by atoms with Gasteiger partial charge in [0.25, 0.3) is 5.56 Å². The van der Waals surface area contributed by atoms with Gasteiger partial charge in [-0.15, -0.1) is 0 Å². The number of rotatable bonds is 4. The van der Waals surface area contributed by atoms with Crippen LogP contribution in [0.25, 0.3) is 11.1 Å². The lowest BCUT2D eigenvalue weighted by molar-refractivity contribution is -0.153. The van der Waals surface area contributed by atoms with E-state index in [2.05, 4.69) is 9.97 Å². The zero-order chi connectivity index (χ0) is 21.7. The Morgan fingerprint density at radius 1 is 1.13 bits per heavy atom. The largest absolute Gasteiger partial charge is 0.480 e. The molecule has 2 N–H and O–H groups in total. The number of carbonyl (C=O) groups excluding carboxylic acids is 1. The normalized spacial score (nSPS) is 27.3. The maximum Gasteiger partial charge on any atom is 0.326 e. The Bertz CT molecular complexity index is 1080. The molecule has 1 saturated carbocycles. The van der Waals surface area contributed by atoms with E-state index in [1.54, 1.807) is 29.1 Å². The molecule has 1 saturated heterocycles. The van der Waals surface area contributed by atoms with Crippen molar-refractivity contribution in [3.05, 3.63) is 46.9 Å². The van der Waals surface area contributed by atoms with Gasteiger partial charge in [-0.25, -0.2) is 14.8 Å². The van der Waals surface area contributed by atoms with E-state index in [0.717, 1.165) is 25.7 Å². The topological polar surface area (TPSA) is 126 Å². The van der Waals surface area contributed by atoms with Gasteiger partial charge in [-0.05, 0) is 25.0 Å². The maximum atomic E-state index is 13.4. The van der Waals surface area contributed by atoms with Gasteiger partial charge in [0, 0.05) is 54.6 Å². The number of carbonyl (C=O) groups is 2. The number of amides is 1. The lowest BCUT2D eigenvalue weighted by Crippen LogP contribution is -2.47. The smallest absolute Gasteiger partial charge is 0.326 e. The van der Waals surface area contributed by atoms with Gasteiger partial charge in [-0.3, -0.25) is 9.59 Å². The summed E-state index contributed by atoms with van der Waals surface area (Å²) < 4.78 is 1.62. The number of aliphatic hydroxyl groups is 1. The maximum absolute atomic E-state index is 13.4. The molecule has 162 valence electrons. The van der Waals surface area contributed by atoms with E-state index in [-0.39, 0.29) is 36.5 Å². The minimum atomic E-state index is -1.10. The number of aliphatic hydroxyl groups excluding tert-OH is 1. The predicted octanol–water partition coefficient (Wildman–Crippen LogP) is 1.07. The second-order valence-electron chi connectivity index (χ2n) is 8.68. The van der Waals surface area contributed by atoms with Crippen molar-refractivity contribution >= 4 is 11.9 Å². The SMILES string of the molecule is O=C(O)[C@H]1[C@H](CO)[C@H]2Cn3c(ccc(-c4cncnc4)c3=O)[C@H]2N1C(=O)C1CCCC1. The first-order chi connectivity index (χ1) is 15.0. The van der Waals surface area contributed by atoms with Crippen molar-refractivity contribution in [3.8, 4) is 11.1 Å². The van der Waals surface area contributed by atoms with Crippen LogP contribution in [-0.4, -0.2) is 54.2 Å². The first-order valence-electron chi connectivity index (χ1n) is 10.7. The zero-order valence-electron chi connectivity index (χ0n) is 16.9. The third kappa shape index (κ3) is 2.98. The Balaban J connectivity index is 1.61. The predicted molar refractivity (Wildman–Crippen MR) is 109 cm³/mol. The highest BCUT2D eigenvalue weighted by atomic mass is 16.4. The second kappa shape index (κ2) is 7.56. The summed E-state index contributed by atoms with van der Waals surface area (Å²) in [6.07, 6.45) is 7.95. The van der Waals surface area contributed by atoms with Crippen LogP contribution in [0.3, 0.4) is 0 Å². The number of likely N-dealkylation sites (tertiary alicyclic amines) is 1. The van der Waals surface area contributed by atoms with Gasteiger partial charge in [0.1, 0.15) is 12.4 Å². The fourth-order valence-corrected chi connectivity index (χ4v) is 5.75. The average molecular weight is 424 g/mol. The standard InChI is InChI=1S/C22H24N4O5/c27-10-16-15-9-25-17(6-5-14(21(25)29)13-7-23-11-24-8-13)18(15)26(19(16)22(30)31)20(28)12-3-1-2-4-12/h5-8,11-12,15-16,18-19,27H,1-4,9-10H2,(H,30,31)/t15-,16-,18+,19-/m1/s1. The first-order valence-corrected chi connectivity index (χ1v) is 10.7. The highest BCUT2D eigenvalue weighted by Crippen LogP contribution is 2.50. The quantitative estimate of drug-likeness (QED) is 0.752. The van der Waals surface area contributed by atoms with Gasteiger partial charge in [0.05, 0.1) is 11.6 Å². The molecule has 0 aromatic carbocycles. The lowest BCUT2D eigenvalue weighted by atomic mass is 9.88. The third-order valence-electron chi connectivity index (χ3n) is 7.16. The molecule has 2 aliphatic heterocycles. The molecule has 0 spiro atoms. The molecule has 3 aliphatic rings. The summed E-state index contributed by atoms with van der Waals surface area (Å²) in [6.45, 7) is -0.0848. The molecule has 0 radical (unpaired) electrons. The molecule has 9 heteroatoms. The minimum absolute atomic E-state index is 0.169. The summed E-state index contributed by atoms with van der Waals surface area (Å²) in [5, 5.41) is 20.0. The summed E-state index contributed by atoms with van der Waals surface area (Å²) in [6, 6.07) is 1.87. The first kappa shape index (κ1) is 19.9. The van der Waals surface area contributed by atoms with E-state index in [1.807, 2.05) is 0 Å². The van der Waals surface area contributed by atoms with Crippen LogP contribution in [0, 0.1) is 17.8 Å². The molecule has 2 aromatic rings. The van der Waals surface area contributed by atoms with Crippen LogP contribution < -0.4 is 5.56 Å². The molecular weight excluding hydrogens is 400 g/mol. The van der Waals surface area contributed by atoms with Crippen molar-refractivity contribution in [1.29, 1.82) is 0 Å². The molecule has 5 rings (SSSR count). The highest BCUT2D eigenvalue weighted by Gasteiger charge is 2.58. The number of carboxylic acids is 1. The molecule has 1 amide bonds. The number of carboxylic acid groups (broad SMARTS) is 1. The fourth-order valence-electron chi connectivity index (χ4n) is 5.75. The van der Waals surface area contributed by atoms with Gasteiger partial charge in [0.15, 0.2) is 0 Å². The molecule has 4 heterocycles. The minimum Gasteiger partial charge on any atom is -0.480 e. The Hall–Kier alpha value is -3.07. The fraction of sp³-hybridized carbons (Fsp3) is 0.500. The van der Waals surface area contributed by atoms with Crippen molar-refractivity contribution < 1.29 is 19.8 Å². The molecule has 4 atom stereocenters. The van der Waals surface area contributed by atoms with Crippen molar-refractivity contribution in [3.63, 3.8) is 0 Å². The number of hydrogen-bond acceptors (Lipinski definition) is 6. The van der Waals surface area contributed by atoms with Crippen LogP contribution in [0.5, 0.6) is 0 Å². The van der Waals surface area contributed by atoms with Crippen LogP contribution in [0.2, 0.25) is 0 Å². The van der Waals surface area contributed by atoms with Crippen molar-refractivity contribution in [2.45, 2.75) is 44.3 Å². The molecule has 0 bridgehead atoms. The van der Waals surface area contributed by atoms with Crippen LogP contribution in [0.1, 0.15) is 37.4 Å².